The summed E-state index contributed by atoms with van der Waals surface area (Å²) in [5.74, 6) is -1.73. The lowest BCUT2D eigenvalue weighted by molar-refractivity contribution is -0.139. The van der Waals surface area contributed by atoms with Gasteiger partial charge in [-0.1, -0.05) is 40.2 Å². The number of carbonyl (C=O) groups excluding carboxylic acids is 3. The summed E-state index contributed by atoms with van der Waals surface area (Å²) < 4.78 is 21.6. The number of nitrogens with one attached hydrogen (secondary N) is 1. The van der Waals surface area contributed by atoms with E-state index in [0.717, 1.165) is 32.1 Å². The van der Waals surface area contributed by atoms with Crippen molar-refractivity contribution in [3.05, 3.63) is 23.8 Å². The number of hydrogen-bond donors (Lipinski definition) is 2. The Morgan fingerprint density at radius 1 is 0.897 bits per heavy atom. The summed E-state index contributed by atoms with van der Waals surface area (Å²) in [5, 5.41) is 12.7. The van der Waals surface area contributed by atoms with Crippen LogP contribution in [0.15, 0.2) is 18.2 Å². The van der Waals surface area contributed by atoms with Crippen LogP contribution in [0.3, 0.4) is 0 Å². The molecule has 0 heterocycles. The van der Waals surface area contributed by atoms with Gasteiger partial charge in [0.05, 0.1) is 0 Å². The molecule has 2 N–H and O–H groups in total. The average molecular weight is 550 g/mol. The highest BCUT2D eigenvalue weighted by molar-refractivity contribution is 5.77. The molecule has 1 aliphatic rings. The van der Waals surface area contributed by atoms with E-state index in [-0.39, 0.29) is 55.2 Å². The number of carboxylic acid groups (broad SMARTS) is 1. The molecule has 0 spiro atoms. The number of carboxylic acids is 1. The van der Waals surface area contributed by atoms with E-state index >= 15 is 0 Å². The Morgan fingerprint density at radius 2 is 1.49 bits per heavy atom. The lowest BCUT2D eigenvalue weighted by atomic mass is 9.98. The number of ether oxygens (including phenoxy) is 4. The average Bonchev–Trinajstić information content (AvgIpc) is 2.82. The SMILES string of the molecule is CC(C)CC(=O)Oc1ccc(C[C@H](NCC(C)OC(=O)OC2CCCCC2)C(=O)O)cc1OC(=O)CC(C)C. The minimum atomic E-state index is -1.10. The van der Waals surface area contributed by atoms with Crippen molar-refractivity contribution >= 4 is 24.1 Å². The minimum Gasteiger partial charge on any atom is -0.480 e. The number of esters is 2. The molecule has 2 rings (SSSR count). The third-order valence-corrected chi connectivity index (χ3v) is 6.11. The molecule has 1 aromatic carbocycles. The van der Waals surface area contributed by atoms with Crippen LogP contribution in [0.1, 0.15) is 85.1 Å². The maximum atomic E-state index is 12.4. The van der Waals surface area contributed by atoms with Crippen molar-refractivity contribution in [2.45, 2.75) is 104 Å². The van der Waals surface area contributed by atoms with Gasteiger partial charge in [-0.05, 0) is 68.6 Å². The van der Waals surface area contributed by atoms with Gasteiger partial charge in [-0.2, -0.15) is 0 Å². The number of benzene rings is 1. The van der Waals surface area contributed by atoms with Gasteiger partial charge >= 0.3 is 24.1 Å². The Morgan fingerprint density at radius 3 is 2.05 bits per heavy atom. The number of rotatable bonds is 14. The van der Waals surface area contributed by atoms with Crippen LogP contribution in [0.4, 0.5) is 4.79 Å². The maximum absolute atomic E-state index is 12.4. The first-order valence-electron chi connectivity index (χ1n) is 13.8. The number of carbonyl (C=O) groups is 4. The summed E-state index contributed by atoms with van der Waals surface area (Å²) >= 11 is 0. The molecule has 39 heavy (non-hydrogen) atoms. The van der Waals surface area contributed by atoms with Crippen molar-refractivity contribution in [1.82, 2.24) is 5.32 Å². The van der Waals surface area contributed by atoms with Crippen LogP contribution < -0.4 is 14.8 Å². The van der Waals surface area contributed by atoms with Gasteiger partial charge in [-0.25, -0.2) is 4.79 Å². The topological polar surface area (TPSA) is 137 Å². The molecule has 10 nitrogen and oxygen atoms in total. The zero-order valence-corrected chi connectivity index (χ0v) is 23.7. The molecule has 0 amide bonds. The van der Waals surface area contributed by atoms with Crippen molar-refractivity contribution in [1.29, 1.82) is 0 Å². The predicted molar refractivity (Wildman–Crippen MR) is 144 cm³/mol. The minimum absolute atomic E-state index is 0.0452. The lowest BCUT2D eigenvalue weighted by Crippen LogP contribution is -2.43. The number of aliphatic carboxylic acids is 1. The molecule has 0 aromatic heterocycles. The van der Waals surface area contributed by atoms with Crippen LogP contribution in [-0.4, -0.2) is 54.0 Å². The van der Waals surface area contributed by atoms with Crippen LogP contribution in [0, 0.1) is 11.8 Å². The Balaban J connectivity index is 2.03. The standard InChI is InChI=1S/C29H43NO9/c1-18(2)13-26(31)38-24-12-11-21(16-25(24)39-27(32)14-19(3)4)15-23(28(33)34)30-17-20(5)36-29(35)37-22-9-7-6-8-10-22/h11-12,16,18-20,22-23,30H,6-10,13-15,17H2,1-5H3,(H,33,34)/t20?,23-/m0/s1. The largest absolute Gasteiger partial charge is 0.508 e. The normalized spacial score (nSPS) is 15.5. The Hall–Kier alpha value is -3.14. The van der Waals surface area contributed by atoms with E-state index in [1.54, 1.807) is 13.0 Å². The Kier molecular flexibility index (Phi) is 13.2. The Bertz CT molecular complexity index is 970. The quantitative estimate of drug-likeness (QED) is 0.239. The monoisotopic (exact) mass is 549 g/mol. The Labute approximate surface area is 230 Å². The van der Waals surface area contributed by atoms with Gasteiger partial charge in [0.2, 0.25) is 0 Å². The van der Waals surface area contributed by atoms with Crippen LogP contribution in [0.2, 0.25) is 0 Å². The zero-order valence-electron chi connectivity index (χ0n) is 23.7. The molecule has 1 saturated carbocycles. The maximum Gasteiger partial charge on any atom is 0.508 e. The second-order valence-corrected chi connectivity index (χ2v) is 11.0. The molecular formula is C29H43NO9. The van der Waals surface area contributed by atoms with E-state index < -0.39 is 36.2 Å². The van der Waals surface area contributed by atoms with Gasteiger partial charge in [0.15, 0.2) is 11.5 Å². The lowest BCUT2D eigenvalue weighted by Gasteiger charge is -2.23. The first-order chi connectivity index (χ1) is 18.4. The van der Waals surface area contributed by atoms with Gasteiger partial charge in [0.1, 0.15) is 18.2 Å². The van der Waals surface area contributed by atoms with Gasteiger partial charge < -0.3 is 29.4 Å². The van der Waals surface area contributed by atoms with E-state index in [0.29, 0.717) is 5.56 Å². The molecular weight excluding hydrogens is 506 g/mol. The molecule has 10 heteroatoms. The molecule has 0 bridgehead atoms. The van der Waals surface area contributed by atoms with E-state index in [1.807, 2.05) is 27.7 Å². The fourth-order valence-corrected chi connectivity index (χ4v) is 4.18. The highest BCUT2D eigenvalue weighted by Gasteiger charge is 2.24. The molecule has 0 radical (unpaired) electrons. The second-order valence-electron chi connectivity index (χ2n) is 11.0. The molecule has 1 fully saturated rings. The van der Waals surface area contributed by atoms with Gasteiger partial charge in [0, 0.05) is 19.4 Å². The molecule has 2 atom stereocenters. The fourth-order valence-electron chi connectivity index (χ4n) is 4.18. The van der Waals surface area contributed by atoms with Gasteiger partial charge in [-0.3, -0.25) is 14.4 Å². The fraction of sp³-hybridized carbons (Fsp3) is 0.655. The molecule has 0 aliphatic heterocycles. The summed E-state index contributed by atoms with van der Waals surface area (Å²) in [6, 6.07) is 3.61. The smallest absolute Gasteiger partial charge is 0.480 e. The molecule has 1 aromatic rings. The molecule has 1 aliphatic carbocycles. The molecule has 1 unspecified atom stereocenters. The first kappa shape index (κ1) is 32.1. The van der Waals surface area contributed by atoms with E-state index in [4.69, 9.17) is 18.9 Å². The summed E-state index contributed by atoms with van der Waals surface area (Å²) in [7, 11) is 0. The highest BCUT2D eigenvalue weighted by atomic mass is 16.7. The van der Waals surface area contributed by atoms with Crippen LogP contribution >= 0.6 is 0 Å². The summed E-state index contributed by atoms with van der Waals surface area (Å²) in [6.07, 6.45) is 3.76. The summed E-state index contributed by atoms with van der Waals surface area (Å²) in [5.41, 5.74) is 0.552. The third-order valence-electron chi connectivity index (χ3n) is 6.11. The van der Waals surface area contributed by atoms with E-state index in [2.05, 4.69) is 5.32 Å². The van der Waals surface area contributed by atoms with Crippen LogP contribution in [-0.2, 0) is 30.3 Å². The van der Waals surface area contributed by atoms with Crippen LogP contribution in [0.25, 0.3) is 0 Å². The molecule has 0 saturated heterocycles. The van der Waals surface area contributed by atoms with Crippen LogP contribution in [0.5, 0.6) is 11.5 Å². The molecule has 218 valence electrons. The van der Waals surface area contributed by atoms with Crippen molar-refractivity contribution in [3.63, 3.8) is 0 Å². The third kappa shape index (κ3) is 12.5. The predicted octanol–water partition coefficient (Wildman–Crippen LogP) is 5.05. The first-order valence-corrected chi connectivity index (χ1v) is 13.8. The van der Waals surface area contributed by atoms with Crippen molar-refractivity contribution in [3.8, 4) is 11.5 Å². The van der Waals surface area contributed by atoms with Crippen molar-refractivity contribution in [2.24, 2.45) is 11.8 Å². The van der Waals surface area contributed by atoms with Crippen molar-refractivity contribution < 1.29 is 43.2 Å². The number of hydrogen-bond acceptors (Lipinski definition) is 9. The van der Waals surface area contributed by atoms with Gasteiger partial charge in [0.25, 0.3) is 0 Å². The van der Waals surface area contributed by atoms with E-state index in [9.17, 15) is 24.3 Å². The second kappa shape index (κ2) is 16.1. The van der Waals surface area contributed by atoms with E-state index in [1.165, 1.54) is 12.1 Å². The summed E-state index contributed by atoms with van der Waals surface area (Å²) in [6.45, 7) is 9.28. The zero-order chi connectivity index (χ0) is 28.9. The highest BCUT2D eigenvalue weighted by Crippen LogP contribution is 2.30. The van der Waals surface area contributed by atoms with Gasteiger partial charge in [-0.15, -0.1) is 0 Å². The summed E-state index contributed by atoms with van der Waals surface area (Å²) in [4.78, 5) is 48.6. The van der Waals surface area contributed by atoms with Crippen molar-refractivity contribution in [2.75, 3.05) is 6.54 Å².